The zero-order chi connectivity index (χ0) is 14.8. The Morgan fingerprint density at radius 3 is 2.90 bits per heavy atom. The van der Waals surface area contributed by atoms with Gasteiger partial charge in [-0.1, -0.05) is 23.8 Å². The van der Waals surface area contributed by atoms with E-state index < -0.39 is 0 Å². The van der Waals surface area contributed by atoms with Crippen molar-refractivity contribution in [1.82, 2.24) is 24.9 Å². The predicted molar refractivity (Wildman–Crippen MR) is 76.8 cm³/mol. The first-order valence-electron chi connectivity index (χ1n) is 7.26. The molecule has 8 heteroatoms. The average molecular weight is 309 g/mol. The molecule has 2 heterocycles. The number of aliphatic hydroxyl groups is 1. The van der Waals surface area contributed by atoms with Gasteiger partial charge in [-0.15, -0.1) is 10.2 Å². The van der Waals surface area contributed by atoms with Gasteiger partial charge in [0.05, 0.1) is 5.25 Å². The van der Waals surface area contributed by atoms with E-state index in [4.69, 9.17) is 4.52 Å². The Balaban J connectivity index is 1.73. The Bertz CT molecular complexity index is 607. The molecule has 1 atom stereocenters. The van der Waals surface area contributed by atoms with Crippen LogP contribution in [0.5, 0.6) is 0 Å². The molecule has 21 heavy (non-hydrogen) atoms. The summed E-state index contributed by atoms with van der Waals surface area (Å²) in [5.41, 5.74) is 0. The van der Waals surface area contributed by atoms with E-state index >= 15 is 0 Å². The highest BCUT2D eigenvalue weighted by Crippen LogP contribution is 2.40. The molecule has 1 fully saturated rings. The van der Waals surface area contributed by atoms with Gasteiger partial charge in [-0.05, 0) is 26.2 Å². The molecule has 2 aromatic rings. The number of hydrogen-bond donors (Lipinski definition) is 1. The molecule has 0 amide bonds. The van der Waals surface area contributed by atoms with E-state index in [9.17, 15) is 5.11 Å². The number of hydrogen-bond acceptors (Lipinski definition) is 7. The van der Waals surface area contributed by atoms with Crippen LogP contribution < -0.4 is 0 Å². The van der Waals surface area contributed by atoms with Gasteiger partial charge in [0.2, 0.25) is 5.89 Å². The standard InChI is InChI=1S/C13H19N5O2S/c1-3-6-18-10(7-19)15-16-13(18)21-8(2)12-14-11(17-20-12)9-4-5-9/h8-9,19H,3-7H2,1-2H3/t8-/m0/s1. The number of aliphatic hydroxyl groups excluding tert-OH is 1. The van der Waals surface area contributed by atoms with E-state index in [1.807, 2.05) is 11.5 Å². The Morgan fingerprint density at radius 2 is 2.24 bits per heavy atom. The van der Waals surface area contributed by atoms with E-state index in [2.05, 4.69) is 27.3 Å². The molecule has 1 saturated carbocycles. The number of nitrogens with zero attached hydrogens (tertiary/aromatic N) is 5. The first-order valence-corrected chi connectivity index (χ1v) is 8.14. The van der Waals surface area contributed by atoms with E-state index in [1.165, 1.54) is 11.8 Å². The third-order valence-corrected chi connectivity index (χ3v) is 4.48. The summed E-state index contributed by atoms with van der Waals surface area (Å²) < 4.78 is 7.29. The van der Waals surface area contributed by atoms with Crippen molar-refractivity contribution in [3.8, 4) is 0 Å². The van der Waals surface area contributed by atoms with Crippen LogP contribution in [0.15, 0.2) is 9.68 Å². The van der Waals surface area contributed by atoms with Crippen molar-refractivity contribution in [2.24, 2.45) is 0 Å². The summed E-state index contributed by atoms with van der Waals surface area (Å²) in [6.07, 6.45) is 3.27. The Kier molecular flexibility index (Phi) is 4.25. The van der Waals surface area contributed by atoms with Crippen molar-refractivity contribution in [2.45, 2.75) is 62.6 Å². The average Bonchev–Trinajstić information content (AvgIpc) is 3.09. The van der Waals surface area contributed by atoms with Gasteiger partial charge in [-0.25, -0.2) is 0 Å². The lowest BCUT2D eigenvalue weighted by Gasteiger charge is -2.09. The molecule has 0 radical (unpaired) electrons. The summed E-state index contributed by atoms with van der Waals surface area (Å²) in [5, 5.41) is 22.3. The van der Waals surface area contributed by atoms with Crippen LogP contribution in [0, 0.1) is 0 Å². The minimum atomic E-state index is -0.103. The Hall–Kier alpha value is -1.41. The van der Waals surface area contributed by atoms with Gasteiger partial charge in [0.25, 0.3) is 0 Å². The Morgan fingerprint density at radius 1 is 1.43 bits per heavy atom. The largest absolute Gasteiger partial charge is 0.388 e. The molecule has 0 unspecified atom stereocenters. The SMILES string of the molecule is CCCn1c(CO)nnc1S[C@@H](C)c1nc(C2CC2)no1. The molecule has 0 aliphatic heterocycles. The highest BCUT2D eigenvalue weighted by atomic mass is 32.2. The minimum Gasteiger partial charge on any atom is -0.388 e. The quantitative estimate of drug-likeness (QED) is 0.785. The summed E-state index contributed by atoms with van der Waals surface area (Å²) in [5.74, 6) is 2.53. The second-order valence-corrected chi connectivity index (χ2v) is 6.54. The number of aromatic nitrogens is 5. The van der Waals surface area contributed by atoms with E-state index in [0.717, 1.165) is 36.8 Å². The van der Waals surface area contributed by atoms with Gasteiger partial charge in [0, 0.05) is 12.5 Å². The van der Waals surface area contributed by atoms with Gasteiger partial charge in [-0.2, -0.15) is 4.98 Å². The van der Waals surface area contributed by atoms with Crippen molar-refractivity contribution in [3.05, 3.63) is 17.5 Å². The van der Waals surface area contributed by atoms with Crippen LogP contribution in [-0.4, -0.2) is 30.0 Å². The molecule has 1 N–H and O–H groups in total. The van der Waals surface area contributed by atoms with Crippen LogP contribution in [0.1, 0.15) is 61.8 Å². The molecule has 0 saturated heterocycles. The lowest BCUT2D eigenvalue weighted by molar-refractivity contribution is 0.263. The van der Waals surface area contributed by atoms with Crippen LogP contribution in [0.3, 0.4) is 0 Å². The van der Waals surface area contributed by atoms with Gasteiger partial charge in [0.15, 0.2) is 16.8 Å². The van der Waals surface area contributed by atoms with Crippen LogP contribution >= 0.6 is 11.8 Å². The summed E-state index contributed by atoms with van der Waals surface area (Å²) in [6, 6.07) is 0. The lowest BCUT2D eigenvalue weighted by Crippen LogP contribution is -2.05. The molecule has 0 aromatic carbocycles. The summed E-state index contributed by atoms with van der Waals surface area (Å²) in [4.78, 5) is 4.47. The van der Waals surface area contributed by atoms with Crippen molar-refractivity contribution in [2.75, 3.05) is 0 Å². The van der Waals surface area contributed by atoms with E-state index in [-0.39, 0.29) is 11.9 Å². The molecule has 0 spiro atoms. The zero-order valence-electron chi connectivity index (χ0n) is 12.2. The summed E-state index contributed by atoms with van der Waals surface area (Å²) in [7, 11) is 0. The highest BCUT2D eigenvalue weighted by molar-refractivity contribution is 7.99. The monoisotopic (exact) mass is 309 g/mol. The fourth-order valence-corrected chi connectivity index (χ4v) is 3.02. The molecule has 1 aliphatic carbocycles. The molecule has 0 bridgehead atoms. The number of rotatable bonds is 7. The van der Waals surface area contributed by atoms with Crippen LogP contribution in [0.2, 0.25) is 0 Å². The molecule has 2 aromatic heterocycles. The van der Waals surface area contributed by atoms with E-state index in [0.29, 0.717) is 17.6 Å². The second-order valence-electron chi connectivity index (χ2n) is 5.23. The normalized spacial score (nSPS) is 16.3. The molecule has 3 rings (SSSR count). The van der Waals surface area contributed by atoms with Crippen molar-refractivity contribution < 1.29 is 9.63 Å². The number of thioether (sulfide) groups is 1. The molecule has 7 nitrogen and oxygen atoms in total. The minimum absolute atomic E-state index is 0.0105. The van der Waals surface area contributed by atoms with Crippen molar-refractivity contribution in [1.29, 1.82) is 0 Å². The molecule has 1 aliphatic rings. The van der Waals surface area contributed by atoms with Gasteiger partial charge in [-0.3, -0.25) is 0 Å². The Labute approximate surface area is 127 Å². The third-order valence-electron chi connectivity index (χ3n) is 3.41. The van der Waals surface area contributed by atoms with Gasteiger partial charge in [0.1, 0.15) is 6.61 Å². The van der Waals surface area contributed by atoms with Crippen LogP contribution in [0.25, 0.3) is 0 Å². The predicted octanol–water partition coefficient (Wildman–Crippen LogP) is 2.29. The smallest absolute Gasteiger partial charge is 0.239 e. The third kappa shape index (κ3) is 3.11. The van der Waals surface area contributed by atoms with Crippen molar-refractivity contribution in [3.63, 3.8) is 0 Å². The maximum absolute atomic E-state index is 9.31. The zero-order valence-corrected chi connectivity index (χ0v) is 13.0. The summed E-state index contributed by atoms with van der Waals surface area (Å²) >= 11 is 1.53. The van der Waals surface area contributed by atoms with E-state index in [1.54, 1.807) is 0 Å². The molecular weight excluding hydrogens is 290 g/mol. The highest BCUT2D eigenvalue weighted by Gasteiger charge is 2.30. The van der Waals surface area contributed by atoms with Crippen LogP contribution in [0.4, 0.5) is 0 Å². The van der Waals surface area contributed by atoms with Gasteiger partial charge < -0.3 is 14.2 Å². The maximum Gasteiger partial charge on any atom is 0.239 e. The first-order chi connectivity index (χ1) is 10.2. The van der Waals surface area contributed by atoms with Gasteiger partial charge >= 0.3 is 0 Å². The van der Waals surface area contributed by atoms with Crippen molar-refractivity contribution >= 4 is 11.8 Å². The molecular formula is C13H19N5O2S. The lowest BCUT2D eigenvalue weighted by atomic mass is 10.4. The second kappa shape index (κ2) is 6.15. The maximum atomic E-state index is 9.31. The topological polar surface area (TPSA) is 89.9 Å². The fourth-order valence-electron chi connectivity index (χ4n) is 2.10. The first kappa shape index (κ1) is 14.5. The van der Waals surface area contributed by atoms with Crippen LogP contribution in [-0.2, 0) is 13.2 Å². The molecule has 114 valence electrons. The summed E-state index contributed by atoms with van der Waals surface area (Å²) in [6.45, 7) is 4.78. The fraction of sp³-hybridized carbons (Fsp3) is 0.692.